The van der Waals surface area contributed by atoms with Crippen LogP contribution in [-0.4, -0.2) is 24.2 Å². The number of carbonyl (C=O) groups excluding carboxylic acids is 1. The lowest BCUT2D eigenvalue weighted by Crippen LogP contribution is -2.30. The Kier molecular flexibility index (Phi) is 4.12. The monoisotopic (exact) mass is 197 g/mol. The third-order valence-corrected chi connectivity index (χ3v) is 1.54. The van der Waals surface area contributed by atoms with E-state index in [0.717, 1.165) is 6.54 Å². The summed E-state index contributed by atoms with van der Waals surface area (Å²) in [6.07, 6.45) is 1.41. The highest BCUT2D eigenvalue weighted by atomic mass is 16.5. The van der Waals surface area contributed by atoms with Crippen LogP contribution in [0.2, 0.25) is 0 Å². The molecule has 0 fully saturated rings. The average molecular weight is 197 g/mol. The first kappa shape index (κ1) is 10.7. The minimum atomic E-state index is -0.112. The minimum absolute atomic E-state index is 0.112. The highest BCUT2D eigenvalue weighted by Gasteiger charge is 2.03. The maximum atomic E-state index is 11.2. The van der Waals surface area contributed by atoms with Gasteiger partial charge in [0.25, 0.3) is 0 Å². The zero-order valence-corrected chi connectivity index (χ0v) is 8.41. The molecule has 1 aromatic heterocycles. The van der Waals surface area contributed by atoms with Crippen molar-refractivity contribution in [3.05, 3.63) is 12.3 Å². The number of anilines is 1. The standard InChI is InChI=1S/C9H15N3O2/c1-7(2)5-10-6-9(13)11-8-3-4-14-12-8/h3-4,7,10H,5-6H2,1-2H3,(H,11,12,13). The predicted molar refractivity (Wildman–Crippen MR) is 52.8 cm³/mol. The van der Waals surface area contributed by atoms with Crippen molar-refractivity contribution in [3.63, 3.8) is 0 Å². The molecule has 0 saturated heterocycles. The summed E-state index contributed by atoms with van der Waals surface area (Å²) in [5.41, 5.74) is 0. The normalized spacial score (nSPS) is 10.5. The lowest BCUT2D eigenvalue weighted by atomic mass is 10.2. The van der Waals surface area contributed by atoms with Gasteiger partial charge in [-0.25, -0.2) is 0 Å². The molecule has 2 N–H and O–H groups in total. The number of hydrogen-bond acceptors (Lipinski definition) is 4. The Morgan fingerprint density at radius 3 is 3.00 bits per heavy atom. The quantitative estimate of drug-likeness (QED) is 0.734. The summed E-state index contributed by atoms with van der Waals surface area (Å²) >= 11 is 0. The van der Waals surface area contributed by atoms with E-state index in [-0.39, 0.29) is 5.91 Å². The zero-order chi connectivity index (χ0) is 10.4. The molecule has 1 heterocycles. The first-order chi connectivity index (χ1) is 6.68. The van der Waals surface area contributed by atoms with Crippen molar-refractivity contribution in [2.75, 3.05) is 18.4 Å². The van der Waals surface area contributed by atoms with Crippen molar-refractivity contribution < 1.29 is 9.32 Å². The second kappa shape index (κ2) is 5.39. The van der Waals surface area contributed by atoms with Crippen LogP contribution in [0.15, 0.2) is 16.9 Å². The minimum Gasteiger partial charge on any atom is -0.363 e. The number of nitrogens with one attached hydrogen (secondary N) is 2. The number of aromatic nitrogens is 1. The van der Waals surface area contributed by atoms with Gasteiger partial charge in [0, 0.05) is 6.07 Å². The first-order valence-electron chi connectivity index (χ1n) is 4.59. The lowest BCUT2D eigenvalue weighted by molar-refractivity contribution is -0.115. The van der Waals surface area contributed by atoms with Gasteiger partial charge in [0.15, 0.2) is 5.82 Å². The molecule has 14 heavy (non-hydrogen) atoms. The number of amides is 1. The third kappa shape index (κ3) is 4.04. The maximum Gasteiger partial charge on any atom is 0.239 e. The van der Waals surface area contributed by atoms with E-state index in [2.05, 4.69) is 34.2 Å². The molecule has 1 aromatic rings. The van der Waals surface area contributed by atoms with Gasteiger partial charge in [-0.2, -0.15) is 0 Å². The summed E-state index contributed by atoms with van der Waals surface area (Å²) in [6.45, 7) is 5.29. The third-order valence-electron chi connectivity index (χ3n) is 1.54. The van der Waals surface area contributed by atoms with Crippen LogP contribution in [0.1, 0.15) is 13.8 Å². The topological polar surface area (TPSA) is 67.2 Å². The van der Waals surface area contributed by atoms with E-state index in [1.807, 2.05) is 0 Å². The molecule has 5 heteroatoms. The fourth-order valence-electron chi connectivity index (χ4n) is 0.938. The Morgan fingerprint density at radius 2 is 2.43 bits per heavy atom. The van der Waals surface area contributed by atoms with Crippen molar-refractivity contribution in [2.24, 2.45) is 5.92 Å². The van der Waals surface area contributed by atoms with Gasteiger partial charge in [-0.1, -0.05) is 19.0 Å². The van der Waals surface area contributed by atoms with Crippen molar-refractivity contribution >= 4 is 11.7 Å². The van der Waals surface area contributed by atoms with Crippen LogP contribution in [0.4, 0.5) is 5.82 Å². The molecule has 78 valence electrons. The predicted octanol–water partition coefficient (Wildman–Crippen LogP) is 0.859. The Labute approximate surface area is 82.8 Å². The molecule has 0 aromatic carbocycles. The van der Waals surface area contributed by atoms with Crippen LogP contribution in [0.5, 0.6) is 0 Å². The average Bonchev–Trinajstić information content (AvgIpc) is 2.56. The van der Waals surface area contributed by atoms with E-state index in [1.165, 1.54) is 6.26 Å². The van der Waals surface area contributed by atoms with E-state index in [9.17, 15) is 4.79 Å². The highest BCUT2D eigenvalue weighted by Crippen LogP contribution is 1.99. The molecule has 5 nitrogen and oxygen atoms in total. The van der Waals surface area contributed by atoms with E-state index in [0.29, 0.717) is 18.3 Å². The molecule has 0 bridgehead atoms. The summed E-state index contributed by atoms with van der Waals surface area (Å²) in [4.78, 5) is 11.2. The second-order valence-corrected chi connectivity index (χ2v) is 3.46. The van der Waals surface area contributed by atoms with Crippen molar-refractivity contribution in [3.8, 4) is 0 Å². The Balaban J connectivity index is 2.17. The van der Waals surface area contributed by atoms with Crippen LogP contribution >= 0.6 is 0 Å². The molecule has 1 amide bonds. The fourth-order valence-corrected chi connectivity index (χ4v) is 0.938. The maximum absolute atomic E-state index is 11.2. The smallest absolute Gasteiger partial charge is 0.239 e. The van der Waals surface area contributed by atoms with E-state index in [4.69, 9.17) is 0 Å². The van der Waals surface area contributed by atoms with Crippen molar-refractivity contribution in [2.45, 2.75) is 13.8 Å². The largest absolute Gasteiger partial charge is 0.363 e. The van der Waals surface area contributed by atoms with Crippen LogP contribution in [-0.2, 0) is 4.79 Å². The molecule has 0 aliphatic rings. The Hall–Kier alpha value is -1.36. The molecule has 0 radical (unpaired) electrons. The molecule has 0 unspecified atom stereocenters. The van der Waals surface area contributed by atoms with Crippen molar-refractivity contribution in [1.82, 2.24) is 10.5 Å². The fraction of sp³-hybridized carbons (Fsp3) is 0.556. The van der Waals surface area contributed by atoms with Gasteiger partial charge < -0.3 is 15.2 Å². The Morgan fingerprint density at radius 1 is 1.64 bits per heavy atom. The van der Waals surface area contributed by atoms with Crippen molar-refractivity contribution in [1.29, 1.82) is 0 Å². The number of hydrogen-bond donors (Lipinski definition) is 2. The SMILES string of the molecule is CC(C)CNCC(=O)Nc1ccon1. The van der Waals surface area contributed by atoms with Crippen LogP contribution in [0, 0.1) is 5.92 Å². The van der Waals surface area contributed by atoms with Gasteiger partial charge in [0.2, 0.25) is 5.91 Å². The molecule has 0 saturated carbocycles. The summed E-state index contributed by atoms with van der Waals surface area (Å²) in [5, 5.41) is 9.18. The molecule has 1 rings (SSSR count). The molecule has 0 spiro atoms. The van der Waals surface area contributed by atoms with Gasteiger partial charge in [0.1, 0.15) is 6.26 Å². The van der Waals surface area contributed by atoms with E-state index < -0.39 is 0 Å². The number of nitrogens with zero attached hydrogens (tertiary/aromatic N) is 1. The molecule has 0 aliphatic heterocycles. The number of rotatable bonds is 5. The van der Waals surface area contributed by atoms with E-state index in [1.54, 1.807) is 6.07 Å². The molecule has 0 aliphatic carbocycles. The van der Waals surface area contributed by atoms with Gasteiger partial charge in [0.05, 0.1) is 6.54 Å². The van der Waals surface area contributed by atoms with E-state index >= 15 is 0 Å². The van der Waals surface area contributed by atoms with Crippen LogP contribution in [0.3, 0.4) is 0 Å². The summed E-state index contributed by atoms with van der Waals surface area (Å²) in [7, 11) is 0. The first-order valence-corrected chi connectivity index (χ1v) is 4.59. The number of carbonyl (C=O) groups is 1. The molecular weight excluding hydrogens is 182 g/mol. The summed E-state index contributed by atoms with van der Waals surface area (Å²) in [5.74, 6) is 0.871. The van der Waals surface area contributed by atoms with Crippen LogP contribution < -0.4 is 10.6 Å². The van der Waals surface area contributed by atoms with Gasteiger partial charge in [-0.05, 0) is 12.5 Å². The summed E-state index contributed by atoms with van der Waals surface area (Å²) in [6, 6.07) is 1.60. The lowest BCUT2D eigenvalue weighted by Gasteiger charge is -2.06. The van der Waals surface area contributed by atoms with Gasteiger partial charge in [-0.3, -0.25) is 4.79 Å². The Bertz CT molecular complexity index is 270. The van der Waals surface area contributed by atoms with Gasteiger partial charge in [-0.15, -0.1) is 0 Å². The van der Waals surface area contributed by atoms with Gasteiger partial charge >= 0.3 is 0 Å². The zero-order valence-electron chi connectivity index (χ0n) is 8.41. The summed E-state index contributed by atoms with van der Waals surface area (Å²) < 4.78 is 4.57. The molecular formula is C9H15N3O2. The van der Waals surface area contributed by atoms with Crippen LogP contribution in [0.25, 0.3) is 0 Å². The second-order valence-electron chi connectivity index (χ2n) is 3.46. The highest BCUT2D eigenvalue weighted by molar-refractivity contribution is 5.91. The molecule has 0 atom stereocenters.